The topological polar surface area (TPSA) is 29.0 Å². The molecule has 0 aliphatic carbocycles. The molecular weight excluding hydrogens is 302 g/mol. The van der Waals surface area contributed by atoms with Gasteiger partial charge in [-0.2, -0.15) is 0 Å². The third-order valence-corrected chi connectivity index (χ3v) is 3.87. The minimum absolute atomic E-state index is 0.784. The number of rotatable bonds is 4. The lowest BCUT2D eigenvalue weighted by Crippen LogP contribution is -2.23. The zero-order valence-electron chi connectivity index (χ0n) is 11.5. The third-order valence-electron chi connectivity index (χ3n) is 3.04. The average Bonchev–Trinajstić information content (AvgIpc) is 2.39. The highest BCUT2D eigenvalue weighted by atomic mass is 79.9. The van der Waals surface area contributed by atoms with Crippen LogP contribution in [0.4, 0.5) is 5.82 Å². The van der Waals surface area contributed by atoms with E-state index in [-0.39, 0.29) is 0 Å². The molecular formula is C15H18BrN3. The Morgan fingerprint density at radius 1 is 1.26 bits per heavy atom. The molecule has 0 saturated heterocycles. The van der Waals surface area contributed by atoms with Gasteiger partial charge in [0.05, 0.1) is 12.2 Å². The van der Waals surface area contributed by atoms with Crippen molar-refractivity contribution in [1.29, 1.82) is 0 Å². The Bertz CT molecular complexity index is 569. The van der Waals surface area contributed by atoms with E-state index in [4.69, 9.17) is 0 Å². The second-order valence-electron chi connectivity index (χ2n) is 4.58. The van der Waals surface area contributed by atoms with Gasteiger partial charge in [-0.1, -0.05) is 6.07 Å². The molecule has 0 spiro atoms. The largest absolute Gasteiger partial charge is 0.351 e. The van der Waals surface area contributed by atoms with Gasteiger partial charge in [-0.3, -0.25) is 4.98 Å². The van der Waals surface area contributed by atoms with E-state index < -0.39 is 0 Å². The van der Waals surface area contributed by atoms with E-state index in [0.29, 0.717) is 0 Å². The minimum Gasteiger partial charge on any atom is -0.351 e. The standard InChI is InChI=1S/C15H18BrN3/c1-4-19(10-13-7-5-6-12(3)18-13)15-8-11(2)14(16)9-17-15/h5-9H,4,10H2,1-3H3. The van der Waals surface area contributed by atoms with Gasteiger partial charge in [0.25, 0.3) is 0 Å². The normalized spacial score (nSPS) is 10.5. The Kier molecular flexibility index (Phi) is 4.53. The Morgan fingerprint density at radius 3 is 2.68 bits per heavy atom. The lowest BCUT2D eigenvalue weighted by atomic mass is 10.2. The average molecular weight is 320 g/mol. The molecule has 3 nitrogen and oxygen atoms in total. The maximum Gasteiger partial charge on any atom is 0.129 e. The molecule has 0 saturated carbocycles. The number of aryl methyl sites for hydroxylation is 2. The second-order valence-corrected chi connectivity index (χ2v) is 5.43. The van der Waals surface area contributed by atoms with Crippen LogP contribution in [0.25, 0.3) is 0 Å². The van der Waals surface area contributed by atoms with Crippen LogP contribution in [0.5, 0.6) is 0 Å². The van der Waals surface area contributed by atoms with E-state index in [1.807, 2.05) is 25.3 Å². The van der Waals surface area contributed by atoms with Crippen LogP contribution in [0.1, 0.15) is 23.9 Å². The molecule has 2 aromatic rings. The fraction of sp³-hybridized carbons (Fsp3) is 0.333. The van der Waals surface area contributed by atoms with E-state index in [1.165, 1.54) is 5.56 Å². The van der Waals surface area contributed by atoms with Crippen LogP contribution < -0.4 is 4.90 Å². The van der Waals surface area contributed by atoms with Crippen LogP contribution in [0.3, 0.4) is 0 Å². The summed E-state index contributed by atoms with van der Waals surface area (Å²) in [6, 6.07) is 8.22. The zero-order valence-corrected chi connectivity index (χ0v) is 13.1. The lowest BCUT2D eigenvalue weighted by Gasteiger charge is -2.22. The molecule has 0 atom stereocenters. The number of hydrogen-bond donors (Lipinski definition) is 0. The number of halogens is 1. The van der Waals surface area contributed by atoms with Crippen molar-refractivity contribution in [1.82, 2.24) is 9.97 Å². The van der Waals surface area contributed by atoms with Crippen LogP contribution in [0, 0.1) is 13.8 Å². The van der Waals surface area contributed by atoms with E-state index >= 15 is 0 Å². The first-order valence-electron chi connectivity index (χ1n) is 6.39. The molecule has 2 rings (SSSR count). The van der Waals surface area contributed by atoms with Crippen molar-refractivity contribution in [3.8, 4) is 0 Å². The van der Waals surface area contributed by atoms with Crippen molar-refractivity contribution >= 4 is 21.7 Å². The number of aromatic nitrogens is 2. The van der Waals surface area contributed by atoms with Crippen molar-refractivity contribution in [2.75, 3.05) is 11.4 Å². The van der Waals surface area contributed by atoms with Crippen LogP contribution in [0.15, 0.2) is 34.9 Å². The quantitative estimate of drug-likeness (QED) is 0.856. The number of pyridine rings is 2. The van der Waals surface area contributed by atoms with Crippen molar-refractivity contribution in [2.45, 2.75) is 27.3 Å². The van der Waals surface area contributed by atoms with E-state index in [9.17, 15) is 0 Å². The third kappa shape index (κ3) is 3.53. The van der Waals surface area contributed by atoms with Crippen molar-refractivity contribution in [3.63, 3.8) is 0 Å². The monoisotopic (exact) mass is 319 g/mol. The maximum absolute atomic E-state index is 4.55. The van der Waals surface area contributed by atoms with E-state index in [2.05, 4.69) is 56.8 Å². The Labute approximate surface area is 122 Å². The van der Waals surface area contributed by atoms with Gasteiger partial charge < -0.3 is 4.90 Å². The lowest BCUT2D eigenvalue weighted by molar-refractivity contribution is 0.789. The summed E-state index contributed by atoms with van der Waals surface area (Å²) in [6.07, 6.45) is 1.86. The van der Waals surface area contributed by atoms with Gasteiger partial charge in [-0.05, 0) is 60.5 Å². The molecule has 0 unspecified atom stereocenters. The molecule has 0 aromatic carbocycles. The van der Waals surface area contributed by atoms with Crippen LogP contribution in [-0.2, 0) is 6.54 Å². The number of hydrogen-bond acceptors (Lipinski definition) is 3. The predicted molar refractivity (Wildman–Crippen MR) is 82.4 cm³/mol. The van der Waals surface area contributed by atoms with E-state index in [1.54, 1.807) is 0 Å². The van der Waals surface area contributed by atoms with Gasteiger partial charge in [0.2, 0.25) is 0 Å². The first-order valence-corrected chi connectivity index (χ1v) is 7.19. The molecule has 2 heterocycles. The van der Waals surface area contributed by atoms with E-state index in [0.717, 1.165) is 34.8 Å². The van der Waals surface area contributed by atoms with Gasteiger partial charge in [0.1, 0.15) is 5.82 Å². The van der Waals surface area contributed by atoms with Crippen LogP contribution in [0.2, 0.25) is 0 Å². The summed E-state index contributed by atoms with van der Waals surface area (Å²) < 4.78 is 1.04. The molecule has 0 N–H and O–H groups in total. The van der Waals surface area contributed by atoms with Gasteiger partial charge in [-0.15, -0.1) is 0 Å². The minimum atomic E-state index is 0.784. The predicted octanol–water partition coefficient (Wildman–Crippen LogP) is 3.88. The molecule has 0 radical (unpaired) electrons. The smallest absolute Gasteiger partial charge is 0.129 e. The van der Waals surface area contributed by atoms with Gasteiger partial charge in [0.15, 0.2) is 0 Å². The Balaban J connectivity index is 2.22. The highest BCUT2D eigenvalue weighted by molar-refractivity contribution is 9.10. The molecule has 0 bridgehead atoms. The molecule has 0 amide bonds. The van der Waals surface area contributed by atoms with Crippen molar-refractivity contribution < 1.29 is 0 Å². The highest BCUT2D eigenvalue weighted by Gasteiger charge is 2.09. The van der Waals surface area contributed by atoms with Gasteiger partial charge in [0, 0.05) is 22.9 Å². The first kappa shape index (κ1) is 14.0. The molecule has 100 valence electrons. The molecule has 19 heavy (non-hydrogen) atoms. The van der Waals surface area contributed by atoms with Crippen LogP contribution in [-0.4, -0.2) is 16.5 Å². The highest BCUT2D eigenvalue weighted by Crippen LogP contribution is 2.21. The maximum atomic E-state index is 4.55. The fourth-order valence-electron chi connectivity index (χ4n) is 1.94. The molecule has 2 aromatic heterocycles. The molecule has 4 heteroatoms. The number of nitrogens with zero attached hydrogens (tertiary/aromatic N) is 3. The van der Waals surface area contributed by atoms with Crippen molar-refractivity contribution in [2.24, 2.45) is 0 Å². The summed E-state index contributed by atoms with van der Waals surface area (Å²) in [7, 11) is 0. The van der Waals surface area contributed by atoms with Crippen molar-refractivity contribution in [3.05, 3.63) is 51.9 Å². The Hall–Kier alpha value is -1.42. The SMILES string of the molecule is CCN(Cc1cccc(C)n1)c1cc(C)c(Br)cn1. The van der Waals surface area contributed by atoms with Gasteiger partial charge in [-0.25, -0.2) is 4.98 Å². The summed E-state index contributed by atoms with van der Waals surface area (Å²) in [5.74, 6) is 0.992. The zero-order chi connectivity index (χ0) is 13.8. The molecule has 0 aliphatic rings. The first-order chi connectivity index (χ1) is 9.10. The van der Waals surface area contributed by atoms with Crippen LogP contribution >= 0.6 is 15.9 Å². The summed E-state index contributed by atoms with van der Waals surface area (Å²) >= 11 is 3.48. The number of anilines is 1. The second kappa shape index (κ2) is 6.15. The summed E-state index contributed by atoms with van der Waals surface area (Å²) in [4.78, 5) is 11.3. The molecule has 0 fully saturated rings. The Morgan fingerprint density at radius 2 is 2.05 bits per heavy atom. The summed E-state index contributed by atoms with van der Waals surface area (Å²) in [6.45, 7) is 7.92. The molecule has 0 aliphatic heterocycles. The summed E-state index contributed by atoms with van der Waals surface area (Å²) in [5.41, 5.74) is 3.32. The fourth-order valence-corrected chi connectivity index (χ4v) is 2.15. The summed E-state index contributed by atoms with van der Waals surface area (Å²) in [5, 5.41) is 0. The van der Waals surface area contributed by atoms with Gasteiger partial charge >= 0.3 is 0 Å².